The Morgan fingerprint density at radius 3 is 2.48 bits per heavy atom. The van der Waals surface area contributed by atoms with E-state index in [-0.39, 0.29) is 17.7 Å². The number of carboxylic acids is 1. The molecule has 0 unspecified atom stereocenters. The summed E-state index contributed by atoms with van der Waals surface area (Å²) in [6.07, 6.45) is 1.41. The van der Waals surface area contributed by atoms with Crippen molar-refractivity contribution < 1.29 is 19.4 Å². The smallest absolute Gasteiger partial charge is 0.308 e. The molecule has 5 nitrogen and oxygen atoms in total. The topological polar surface area (TPSA) is 66.8 Å². The van der Waals surface area contributed by atoms with Crippen molar-refractivity contribution in [2.24, 2.45) is 11.8 Å². The SMILES string of the molecule is O=C(O)[C@@H]1CCN(C(=O)[C@H]2C[C@H]2c2ccc(OCc3ccccc3)cc2)C1. The first kappa shape index (κ1) is 17.6. The van der Waals surface area contributed by atoms with Gasteiger partial charge in [-0.2, -0.15) is 0 Å². The van der Waals surface area contributed by atoms with Crippen molar-refractivity contribution in [3.63, 3.8) is 0 Å². The summed E-state index contributed by atoms with van der Waals surface area (Å²) in [7, 11) is 0. The second-order valence-corrected chi connectivity index (χ2v) is 7.40. The highest BCUT2D eigenvalue weighted by atomic mass is 16.5. The zero-order valence-corrected chi connectivity index (χ0v) is 15.1. The fraction of sp³-hybridized carbons (Fsp3) is 0.364. The average molecular weight is 365 g/mol. The number of carbonyl (C=O) groups excluding carboxylic acids is 1. The summed E-state index contributed by atoms with van der Waals surface area (Å²) >= 11 is 0. The first-order chi connectivity index (χ1) is 13.1. The van der Waals surface area contributed by atoms with Gasteiger partial charge in [-0.3, -0.25) is 9.59 Å². The highest BCUT2D eigenvalue weighted by molar-refractivity contribution is 5.84. The molecule has 1 aliphatic heterocycles. The van der Waals surface area contributed by atoms with Crippen LogP contribution in [0, 0.1) is 11.8 Å². The Morgan fingerprint density at radius 2 is 1.81 bits per heavy atom. The van der Waals surface area contributed by atoms with Gasteiger partial charge < -0.3 is 14.7 Å². The lowest BCUT2D eigenvalue weighted by Crippen LogP contribution is -2.31. The molecule has 0 bridgehead atoms. The molecule has 0 radical (unpaired) electrons. The zero-order valence-electron chi connectivity index (χ0n) is 15.1. The third-order valence-corrected chi connectivity index (χ3v) is 5.51. The van der Waals surface area contributed by atoms with Crippen molar-refractivity contribution in [3.8, 4) is 5.75 Å². The minimum absolute atomic E-state index is 0.00590. The molecule has 140 valence electrons. The number of aliphatic carboxylic acids is 1. The van der Waals surface area contributed by atoms with Crippen LogP contribution >= 0.6 is 0 Å². The van der Waals surface area contributed by atoms with Crippen LogP contribution in [-0.4, -0.2) is 35.0 Å². The second kappa shape index (κ2) is 7.43. The van der Waals surface area contributed by atoms with E-state index in [0.29, 0.717) is 26.1 Å². The summed E-state index contributed by atoms with van der Waals surface area (Å²) in [5.74, 6) is -0.0581. The maximum Gasteiger partial charge on any atom is 0.308 e. The summed E-state index contributed by atoms with van der Waals surface area (Å²) in [4.78, 5) is 25.4. The second-order valence-electron chi connectivity index (χ2n) is 7.40. The molecule has 1 aliphatic carbocycles. The van der Waals surface area contributed by atoms with E-state index in [1.165, 1.54) is 0 Å². The predicted molar refractivity (Wildman–Crippen MR) is 100 cm³/mol. The van der Waals surface area contributed by atoms with Crippen molar-refractivity contribution in [2.75, 3.05) is 13.1 Å². The summed E-state index contributed by atoms with van der Waals surface area (Å²) in [6.45, 7) is 1.44. The van der Waals surface area contributed by atoms with Crippen LogP contribution in [0.5, 0.6) is 5.75 Å². The molecule has 2 aliphatic rings. The minimum atomic E-state index is -0.802. The Kier molecular flexibility index (Phi) is 4.84. The standard InChI is InChI=1S/C22H23NO4/c24-21(23-11-10-17(13-23)22(25)26)20-12-19(20)16-6-8-18(9-7-16)27-14-15-4-2-1-3-5-15/h1-9,17,19-20H,10-14H2,(H,25,26)/t17-,19+,20+/m1/s1. The van der Waals surface area contributed by atoms with E-state index < -0.39 is 11.9 Å². The van der Waals surface area contributed by atoms with E-state index in [4.69, 9.17) is 9.84 Å². The minimum Gasteiger partial charge on any atom is -0.489 e. The number of amides is 1. The van der Waals surface area contributed by atoms with E-state index >= 15 is 0 Å². The summed E-state index contributed by atoms with van der Waals surface area (Å²) < 4.78 is 5.81. The highest BCUT2D eigenvalue weighted by Crippen LogP contribution is 2.49. The average Bonchev–Trinajstić information content (AvgIpc) is 3.33. The Hall–Kier alpha value is -2.82. The van der Waals surface area contributed by atoms with Gasteiger partial charge in [0.15, 0.2) is 0 Å². The van der Waals surface area contributed by atoms with Gasteiger partial charge in [-0.25, -0.2) is 0 Å². The van der Waals surface area contributed by atoms with E-state index in [1.807, 2.05) is 54.6 Å². The van der Waals surface area contributed by atoms with Gasteiger partial charge in [0, 0.05) is 19.0 Å². The Bertz CT molecular complexity index is 818. The lowest BCUT2D eigenvalue weighted by atomic mass is 10.1. The summed E-state index contributed by atoms with van der Waals surface area (Å²) in [6, 6.07) is 18.0. The van der Waals surface area contributed by atoms with Crippen LogP contribution in [0.25, 0.3) is 0 Å². The molecule has 1 heterocycles. The first-order valence-electron chi connectivity index (χ1n) is 9.40. The zero-order chi connectivity index (χ0) is 18.8. The number of hydrogen-bond donors (Lipinski definition) is 1. The first-order valence-corrected chi connectivity index (χ1v) is 9.40. The molecule has 0 spiro atoms. The Balaban J connectivity index is 1.30. The largest absolute Gasteiger partial charge is 0.489 e. The van der Waals surface area contributed by atoms with Gasteiger partial charge in [0.2, 0.25) is 5.91 Å². The van der Waals surface area contributed by atoms with E-state index in [2.05, 4.69) is 0 Å². The van der Waals surface area contributed by atoms with Crippen LogP contribution in [0.1, 0.15) is 29.9 Å². The fourth-order valence-corrected chi connectivity index (χ4v) is 3.78. The van der Waals surface area contributed by atoms with E-state index in [0.717, 1.165) is 23.3 Å². The van der Waals surface area contributed by atoms with Crippen LogP contribution < -0.4 is 4.74 Å². The molecule has 4 rings (SSSR count). The number of hydrogen-bond acceptors (Lipinski definition) is 3. The van der Waals surface area contributed by atoms with E-state index in [1.54, 1.807) is 4.90 Å². The van der Waals surface area contributed by atoms with Gasteiger partial charge in [-0.05, 0) is 42.0 Å². The van der Waals surface area contributed by atoms with Crippen LogP contribution in [0.2, 0.25) is 0 Å². The van der Waals surface area contributed by atoms with Crippen molar-refractivity contribution in [2.45, 2.75) is 25.4 Å². The summed E-state index contributed by atoms with van der Waals surface area (Å²) in [5.41, 5.74) is 2.27. The number of rotatable bonds is 6. The number of carbonyl (C=O) groups is 2. The van der Waals surface area contributed by atoms with E-state index in [9.17, 15) is 9.59 Å². The molecule has 2 aromatic rings. The van der Waals surface area contributed by atoms with Gasteiger partial charge in [0.1, 0.15) is 12.4 Å². The molecule has 1 N–H and O–H groups in total. The lowest BCUT2D eigenvalue weighted by molar-refractivity contribution is -0.141. The molecule has 0 aromatic heterocycles. The number of benzene rings is 2. The quantitative estimate of drug-likeness (QED) is 0.853. The molecular weight excluding hydrogens is 342 g/mol. The predicted octanol–water partition coefficient (Wildman–Crippen LogP) is 3.30. The maximum atomic E-state index is 12.6. The van der Waals surface area contributed by atoms with Crippen molar-refractivity contribution in [1.29, 1.82) is 0 Å². The molecule has 2 fully saturated rings. The van der Waals surface area contributed by atoms with Gasteiger partial charge in [0.25, 0.3) is 0 Å². The summed E-state index contributed by atoms with van der Waals surface area (Å²) in [5, 5.41) is 9.09. The molecule has 1 saturated heterocycles. The third kappa shape index (κ3) is 3.97. The Labute approximate surface area is 158 Å². The maximum absolute atomic E-state index is 12.6. The van der Waals surface area contributed by atoms with Crippen molar-refractivity contribution in [1.82, 2.24) is 4.90 Å². The molecule has 1 saturated carbocycles. The number of ether oxygens (including phenoxy) is 1. The van der Waals surface area contributed by atoms with Gasteiger partial charge >= 0.3 is 5.97 Å². The van der Waals surface area contributed by atoms with Crippen LogP contribution in [-0.2, 0) is 16.2 Å². The number of nitrogens with zero attached hydrogens (tertiary/aromatic N) is 1. The molecule has 27 heavy (non-hydrogen) atoms. The lowest BCUT2D eigenvalue weighted by Gasteiger charge is -2.15. The van der Waals surface area contributed by atoms with Crippen molar-refractivity contribution in [3.05, 3.63) is 65.7 Å². The molecule has 5 heteroatoms. The molecule has 3 atom stereocenters. The third-order valence-electron chi connectivity index (χ3n) is 5.51. The van der Waals surface area contributed by atoms with Gasteiger partial charge in [-0.1, -0.05) is 42.5 Å². The monoisotopic (exact) mass is 365 g/mol. The van der Waals surface area contributed by atoms with Crippen LogP contribution in [0.4, 0.5) is 0 Å². The fourth-order valence-electron chi connectivity index (χ4n) is 3.78. The van der Waals surface area contributed by atoms with Crippen molar-refractivity contribution >= 4 is 11.9 Å². The normalized spacial score (nSPS) is 23.9. The van der Waals surface area contributed by atoms with Crippen LogP contribution in [0.3, 0.4) is 0 Å². The molecular formula is C22H23NO4. The number of carboxylic acid groups (broad SMARTS) is 1. The van der Waals surface area contributed by atoms with Crippen LogP contribution in [0.15, 0.2) is 54.6 Å². The molecule has 1 amide bonds. The Morgan fingerprint density at radius 1 is 1.07 bits per heavy atom. The van der Waals surface area contributed by atoms with Gasteiger partial charge in [0.05, 0.1) is 5.92 Å². The molecule has 2 aromatic carbocycles. The van der Waals surface area contributed by atoms with Gasteiger partial charge in [-0.15, -0.1) is 0 Å². The number of likely N-dealkylation sites (tertiary alicyclic amines) is 1. The highest BCUT2D eigenvalue weighted by Gasteiger charge is 2.47.